The van der Waals surface area contributed by atoms with Crippen LogP contribution in [0.2, 0.25) is 0 Å². The molecule has 1 aliphatic heterocycles. The lowest BCUT2D eigenvalue weighted by Gasteiger charge is -2.18. The number of benzene rings is 2. The zero-order valence-electron chi connectivity index (χ0n) is 15.7. The van der Waals surface area contributed by atoms with Crippen molar-refractivity contribution >= 4 is 22.9 Å². The number of fused-ring (bicyclic) bond motifs is 1. The number of anilines is 1. The van der Waals surface area contributed by atoms with Gasteiger partial charge in [-0.25, -0.2) is 4.39 Å². The molecule has 2 N–H and O–H groups in total. The largest absolute Gasteiger partial charge is 0.490 e. The Balaban J connectivity index is 1.42. The first kappa shape index (κ1) is 19.4. The molecule has 0 saturated carbocycles. The van der Waals surface area contributed by atoms with Crippen molar-refractivity contribution in [3.63, 3.8) is 0 Å². The number of carbonyl (C=O) groups excluding carboxylic acids is 1. The van der Waals surface area contributed by atoms with E-state index < -0.39 is 0 Å². The Morgan fingerprint density at radius 3 is 2.62 bits per heavy atom. The third kappa shape index (κ3) is 4.93. The highest BCUT2D eigenvalue weighted by molar-refractivity contribution is 7.10. The molecule has 0 spiro atoms. The summed E-state index contributed by atoms with van der Waals surface area (Å²) >= 11 is 1.58. The molecular weight excluding hydrogens is 391 g/mol. The number of ether oxygens (including phenoxy) is 2. The summed E-state index contributed by atoms with van der Waals surface area (Å²) in [6.45, 7) is 1.32. The molecule has 0 aliphatic carbocycles. The fourth-order valence-electron chi connectivity index (χ4n) is 3.13. The van der Waals surface area contributed by atoms with Gasteiger partial charge in [0.1, 0.15) is 5.82 Å². The van der Waals surface area contributed by atoms with Gasteiger partial charge in [-0.05, 0) is 41.3 Å². The molecule has 1 atom stereocenters. The minimum atomic E-state index is -0.286. The van der Waals surface area contributed by atoms with E-state index in [0.29, 0.717) is 30.4 Å². The second-order valence-corrected chi connectivity index (χ2v) is 7.62. The monoisotopic (exact) mass is 412 g/mol. The van der Waals surface area contributed by atoms with E-state index >= 15 is 0 Å². The molecule has 0 fully saturated rings. The molecule has 1 aliphatic rings. The highest BCUT2D eigenvalue weighted by Crippen LogP contribution is 2.32. The second kappa shape index (κ2) is 9.07. The maximum Gasteiger partial charge on any atom is 0.238 e. The molecule has 1 aromatic heterocycles. The van der Waals surface area contributed by atoms with Crippen LogP contribution in [0.3, 0.4) is 0 Å². The Kier molecular flexibility index (Phi) is 6.07. The van der Waals surface area contributed by atoms with Gasteiger partial charge >= 0.3 is 0 Å². The van der Waals surface area contributed by atoms with Crippen molar-refractivity contribution in [3.8, 4) is 11.5 Å². The van der Waals surface area contributed by atoms with E-state index in [4.69, 9.17) is 9.47 Å². The minimum Gasteiger partial charge on any atom is -0.490 e. The number of rotatable bonds is 6. The van der Waals surface area contributed by atoms with E-state index in [9.17, 15) is 9.18 Å². The van der Waals surface area contributed by atoms with Gasteiger partial charge in [0.15, 0.2) is 11.5 Å². The van der Waals surface area contributed by atoms with E-state index in [1.807, 2.05) is 17.5 Å². The van der Waals surface area contributed by atoms with Crippen LogP contribution in [0.15, 0.2) is 60.0 Å². The third-order valence-corrected chi connectivity index (χ3v) is 5.47. The second-order valence-electron chi connectivity index (χ2n) is 6.64. The average Bonchev–Trinajstić information content (AvgIpc) is 3.15. The molecule has 0 unspecified atom stereocenters. The summed E-state index contributed by atoms with van der Waals surface area (Å²) in [7, 11) is 0. The molecule has 29 heavy (non-hydrogen) atoms. The van der Waals surface area contributed by atoms with Gasteiger partial charge in [0.2, 0.25) is 5.91 Å². The Labute approximate surface area is 172 Å². The van der Waals surface area contributed by atoms with Crippen LogP contribution in [0, 0.1) is 5.82 Å². The lowest BCUT2D eigenvalue weighted by molar-refractivity contribution is -0.115. The highest BCUT2D eigenvalue weighted by Gasteiger charge is 2.17. The molecule has 3 aromatic rings. The van der Waals surface area contributed by atoms with Crippen LogP contribution in [0.25, 0.3) is 0 Å². The molecular formula is C22H21FN2O3S. The summed E-state index contributed by atoms with van der Waals surface area (Å²) in [5.41, 5.74) is 1.55. The maximum absolute atomic E-state index is 13.3. The SMILES string of the molecule is O=C(CN[C@@H](c1ccc(F)cc1)c1cccs1)Nc1ccc2c(c1)OCCCO2. The molecule has 2 heterocycles. The molecule has 0 saturated heterocycles. The van der Waals surface area contributed by atoms with E-state index in [2.05, 4.69) is 10.6 Å². The molecule has 1 amide bonds. The quantitative estimate of drug-likeness (QED) is 0.631. The number of amides is 1. The summed E-state index contributed by atoms with van der Waals surface area (Å²) in [5, 5.41) is 8.13. The molecule has 150 valence electrons. The van der Waals surface area contributed by atoms with Crippen LogP contribution < -0.4 is 20.1 Å². The zero-order valence-corrected chi connectivity index (χ0v) is 16.5. The fourth-order valence-corrected chi connectivity index (χ4v) is 3.96. The van der Waals surface area contributed by atoms with Crippen molar-refractivity contribution in [1.29, 1.82) is 0 Å². The highest BCUT2D eigenvalue weighted by atomic mass is 32.1. The van der Waals surface area contributed by atoms with Gasteiger partial charge in [-0.2, -0.15) is 0 Å². The molecule has 4 rings (SSSR count). The molecule has 0 bridgehead atoms. The number of nitrogens with one attached hydrogen (secondary N) is 2. The topological polar surface area (TPSA) is 59.6 Å². The van der Waals surface area contributed by atoms with E-state index in [1.165, 1.54) is 12.1 Å². The Morgan fingerprint density at radius 1 is 1.07 bits per heavy atom. The molecule has 7 heteroatoms. The van der Waals surface area contributed by atoms with Crippen LogP contribution in [0.4, 0.5) is 10.1 Å². The normalized spacial score (nSPS) is 14.1. The standard InChI is InChI=1S/C22H21FN2O3S/c23-16-6-4-15(5-7-16)22(20-3-1-12-29-20)24-14-21(26)25-17-8-9-18-19(13-17)28-11-2-10-27-18/h1,3-9,12-13,22,24H,2,10-11,14H2,(H,25,26)/t22-/m0/s1. The first-order valence-electron chi connectivity index (χ1n) is 9.41. The van der Waals surface area contributed by atoms with Crippen molar-refractivity contribution in [2.75, 3.05) is 25.1 Å². The lowest BCUT2D eigenvalue weighted by atomic mass is 10.1. The van der Waals surface area contributed by atoms with Gasteiger partial charge in [-0.15, -0.1) is 11.3 Å². The number of hydrogen-bond acceptors (Lipinski definition) is 5. The Bertz CT molecular complexity index is 961. The van der Waals surface area contributed by atoms with Crippen LogP contribution in [0.1, 0.15) is 22.9 Å². The van der Waals surface area contributed by atoms with E-state index in [-0.39, 0.29) is 24.3 Å². The van der Waals surface area contributed by atoms with Crippen LogP contribution in [-0.2, 0) is 4.79 Å². The summed E-state index contributed by atoms with van der Waals surface area (Å²) in [6, 6.07) is 15.4. The van der Waals surface area contributed by atoms with Crippen molar-refractivity contribution in [2.24, 2.45) is 0 Å². The number of carbonyl (C=O) groups is 1. The van der Waals surface area contributed by atoms with Gasteiger partial charge in [0, 0.05) is 23.1 Å². The molecule has 0 radical (unpaired) electrons. The minimum absolute atomic E-state index is 0.106. The predicted molar refractivity (Wildman–Crippen MR) is 111 cm³/mol. The zero-order chi connectivity index (χ0) is 20.1. The van der Waals surface area contributed by atoms with Gasteiger partial charge in [0.05, 0.1) is 25.8 Å². The predicted octanol–water partition coefficient (Wildman–Crippen LogP) is 4.37. The van der Waals surface area contributed by atoms with Crippen LogP contribution in [0.5, 0.6) is 11.5 Å². The summed E-state index contributed by atoms with van der Waals surface area (Å²) < 4.78 is 24.6. The average molecular weight is 412 g/mol. The van der Waals surface area contributed by atoms with E-state index in [1.54, 1.807) is 41.7 Å². The van der Waals surface area contributed by atoms with Crippen molar-refractivity contribution in [3.05, 3.63) is 76.2 Å². The van der Waals surface area contributed by atoms with Gasteiger partial charge in [-0.3, -0.25) is 10.1 Å². The van der Waals surface area contributed by atoms with Gasteiger partial charge in [-0.1, -0.05) is 18.2 Å². The lowest BCUT2D eigenvalue weighted by Crippen LogP contribution is -2.31. The van der Waals surface area contributed by atoms with Gasteiger partial charge < -0.3 is 14.8 Å². The maximum atomic E-state index is 13.3. The smallest absolute Gasteiger partial charge is 0.238 e. The number of halogens is 1. The number of hydrogen-bond donors (Lipinski definition) is 2. The fraction of sp³-hybridized carbons (Fsp3) is 0.227. The summed E-state index contributed by atoms with van der Waals surface area (Å²) in [5.74, 6) is 0.859. The number of thiophene rings is 1. The van der Waals surface area contributed by atoms with Crippen LogP contribution in [-0.4, -0.2) is 25.7 Å². The summed E-state index contributed by atoms with van der Waals surface area (Å²) in [4.78, 5) is 13.6. The van der Waals surface area contributed by atoms with Crippen LogP contribution >= 0.6 is 11.3 Å². The molecule has 2 aromatic carbocycles. The van der Waals surface area contributed by atoms with Crippen molar-refractivity contribution in [1.82, 2.24) is 5.32 Å². The van der Waals surface area contributed by atoms with Crippen molar-refractivity contribution < 1.29 is 18.7 Å². The summed E-state index contributed by atoms with van der Waals surface area (Å²) in [6.07, 6.45) is 0.827. The molecule has 5 nitrogen and oxygen atoms in total. The first-order valence-corrected chi connectivity index (χ1v) is 10.3. The Morgan fingerprint density at radius 2 is 1.86 bits per heavy atom. The third-order valence-electron chi connectivity index (χ3n) is 4.53. The van der Waals surface area contributed by atoms with Gasteiger partial charge in [0.25, 0.3) is 0 Å². The first-order chi connectivity index (χ1) is 14.2. The van der Waals surface area contributed by atoms with Crippen molar-refractivity contribution in [2.45, 2.75) is 12.5 Å². The Hall–Kier alpha value is -2.90. The van der Waals surface area contributed by atoms with E-state index in [0.717, 1.165) is 16.9 Å².